The number of alkyl carbamates (subject to hydrolysis) is 1. The highest BCUT2D eigenvalue weighted by Gasteiger charge is 2.56. The molecule has 3 fully saturated rings. The quantitative estimate of drug-likeness (QED) is 0.0834. The van der Waals surface area contributed by atoms with Crippen molar-refractivity contribution in [2.24, 2.45) is 5.41 Å². The average molecular weight is 929 g/mol. The van der Waals surface area contributed by atoms with E-state index in [2.05, 4.69) is 42.1 Å². The molecule has 7 rings (SSSR count). The topological polar surface area (TPSA) is 146 Å². The number of carbonyl (C=O) groups excluding carboxylic acids is 2. The van der Waals surface area contributed by atoms with Gasteiger partial charge in [0.05, 0.1) is 37.0 Å². The highest BCUT2D eigenvalue weighted by atomic mass is 19.4. The molecular weight excluding hydrogens is 878 g/mol. The lowest BCUT2D eigenvalue weighted by Crippen LogP contribution is -2.62. The number of methoxy groups -OCH3 is 1. The van der Waals surface area contributed by atoms with E-state index in [4.69, 9.17) is 9.72 Å². The number of ether oxygens (including phenoxy) is 2. The molecule has 0 spiro atoms. The Kier molecular flexibility index (Phi) is 14.9. The summed E-state index contributed by atoms with van der Waals surface area (Å²) in [4.78, 5) is 35.5. The molecule has 3 saturated heterocycles. The summed E-state index contributed by atoms with van der Waals surface area (Å²) in [6.07, 6.45) is -1.90. The van der Waals surface area contributed by atoms with Crippen molar-refractivity contribution in [3.05, 3.63) is 101 Å². The fraction of sp³-hybridized carbons (Fsp3) is 0.478. The minimum absolute atomic E-state index is 0.0976. The Morgan fingerprint density at radius 2 is 1.61 bits per heavy atom. The van der Waals surface area contributed by atoms with Gasteiger partial charge in [-0.1, -0.05) is 24.0 Å². The number of anilines is 1. The Morgan fingerprint density at radius 1 is 0.939 bits per heavy atom. The molecule has 20 heteroatoms. The van der Waals surface area contributed by atoms with Crippen molar-refractivity contribution >= 4 is 17.8 Å². The number of nitrogens with one attached hydrogen (secondary N) is 3. The van der Waals surface area contributed by atoms with Crippen LogP contribution in [0.1, 0.15) is 61.9 Å². The lowest BCUT2D eigenvalue weighted by Gasteiger charge is -2.44. The summed E-state index contributed by atoms with van der Waals surface area (Å²) < 4.78 is 109. The molecule has 66 heavy (non-hydrogen) atoms. The maximum absolute atomic E-state index is 15.1. The van der Waals surface area contributed by atoms with E-state index in [1.54, 1.807) is 30.5 Å². The van der Waals surface area contributed by atoms with Crippen LogP contribution in [0.25, 0.3) is 11.3 Å². The number of nitrogens with zero attached hydrogens (tertiary/aromatic N) is 5. The van der Waals surface area contributed by atoms with E-state index in [1.165, 1.54) is 6.07 Å². The molecule has 4 N–H and O–H groups in total. The first-order chi connectivity index (χ1) is 31.4. The third kappa shape index (κ3) is 11.1. The minimum atomic E-state index is -4.98. The second kappa shape index (κ2) is 20.4. The number of rotatable bonds is 15. The van der Waals surface area contributed by atoms with Crippen LogP contribution in [0.15, 0.2) is 67.0 Å². The SMILES string of the molecule is COC(=O)NC(C(=O)N[C@@H](Cc1ccc(C#Cc2ccc(N3CC4CCC(C3)N4[C@@H]3CCOC3)nc2)cc1)[C@@H](O)CNCc1c(F)cc(-c2ccn(C(F)F)n2)cc1F)C(C)(C)C(F)(F)F. The first kappa shape index (κ1) is 48.2. The van der Waals surface area contributed by atoms with Crippen molar-refractivity contribution in [2.75, 3.05) is 44.9 Å². The van der Waals surface area contributed by atoms with Crippen molar-refractivity contribution < 1.29 is 54.9 Å². The first-order valence-electron chi connectivity index (χ1n) is 21.5. The predicted octanol–water partition coefficient (Wildman–Crippen LogP) is 5.95. The van der Waals surface area contributed by atoms with E-state index >= 15 is 8.78 Å². The van der Waals surface area contributed by atoms with E-state index in [1.807, 2.05) is 17.4 Å². The zero-order chi connectivity index (χ0) is 47.3. The molecule has 4 aromatic rings. The van der Waals surface area contributed by atoms with Gasteiger partial charge in [-0.3, -0.25) is 9.69 Å². The molecule has 0 saturated carbocycles. The van der Waals surface area contributed by atoms with Gasteiger partial charge in [-0.25, -0.2) is 23.2 Å². The number of carbonyl (C=O) groups is 2. The maximum Gasteiger partial charge on any atom is 0.407 e. The Hall–Kier alpha value is -5.75. The number of hydrogen-bond donors (Lipinski definition) is 4. The van der Waals surface area contributed by atoms with Gasteiger partial charge in [0.1, 0.15) is 23.5 Å². The summed E-state index contributed by atoms with van der Waals surface area (Å²) in [5.41, 5.74) is -1.64. The van der Waals surface area contributed by atoms with Crippen LogP contribution in [0, 0.1) is 28.9 Å². The number of alkyl halides is 5. The molecule has 2 aromatic carbocycles. The molecule has 5 heterocycles. The van der Waals surface area contributed by atoms with Crippen LogP contribution < -0.4 is 20.9 Å². The van der Waals surface area contributed by atoms with E-state index < -0.39 is 78.6 Å². The number of amides is 2. The highest BCUT2D eigenvalue weighted by molar-refractivity contribution is 5.87. The third-order valence-electron chi connectivity index (χ3n) is 12.6. The molecule has 3 unspecified atom stereocenters. The van der Waals surface area contributed by atoms with Crippen LogP contribution >= 0.6 is 0 Å². The normalized spacial score (nSPS) is 20.1. The molecular formula is C46H51F7N8O5. The molecule has 3 aliphatic heterocycles. The molecule has 0 aliphatic carbocycles. The summed E-state index contributed by atoms with van der Waals surface area (Å²) in [6, 6.07) is 11.5. The zero-order valence-corrected chi connectivity index (χ0v) is 36.4. The van der Waals surface area contributed by atoms with Gasteiger partial charge in [0.25, 0.3) is 0 Å². The van der Waals surface area contributed by atoms with Crippen molar-refractivity contribution in [2.45, 2.75) is 95.1 Å². The smallest absolute Gasteiger partial charge is 0.407 e. The molecule has 354 valence electrons. The van der Waals surface area contributed by atoms with Gasteiger partial charge in [-0.15, -0.1) is 0 Å². The molecule has 2 bridgehead atoms. The first-order valence-corrected chi connectivity index (χ1v) is 21.5. The van der Waals surface area contributed by atoms with Crippen molar-refractivity contribution in [3.8, 4) is 23.1 Å². The van der Waals surface area contributed by atoms with Gasteiger partial charge < -0.3 is 35.4 Å². The number of benzene rings is 2. The number of halogens is 7. The average Bonchev–Trinajstić information content (AvgIpc) is 4.06. The summed E-state index contributed by atoms with van der Waals surface area (Å²) in [5, 5.41) is 22.1. The third-order valence-corrected chi connectivity index (χ3v) is 12.6. The van der Waals surface area contributed by atoms with Gasteiger partial charge in [0, 0.05) is 85.6 Å². The second-order valence-electron chi connectivity index (χ2n) is 17.3. The van der Waals surface area contributed by atoms with Crippen LogP contribution in [0.3, 0.4) is 0 Å². The fourth-order valence-corrected chi connectivity index (χ4v) is 8.72. The molecule has 2 amide bonds. The van der Waals surface area contributed by atoms with Crippen LogP contribution in [-0.2, 0) is 27.2 Å². The molecule has 2 aromatic heterocycles. The Bertz CT molecular complexity index is 2350. The van der Waals surface area contributed by atoms with Gasteiger partial charge in [0.15, 0.2) is 0 Å². The Labute approximate surface area is 377 Å². The summed E-state index contributed by atoms with van der Waals surface area (Å²) >= 11 is 0. The highest BCUT2D eigenvalue weighted by Crippen LogP contribution is 2.41. The van der Waals surface area contributed by atoms with E-state index in [9.17, 15) is 36.6 Å². The summed E-state index contributed by atoms with van der Waals surface area (Å²) in [7, 11) is 0.920. The number of piperazine rings is 1. The van der Waals surface area contributed by atoms with E-state index in [-0.39, 0.29) is 17.7 Å². The predicted molar refractivity (Wildman–Crippen MR) is 228 cm³/mol. The molecule has 3 aliphatic rings. The van der Waals surface area contributed by atoms with Crippen LogP contribution in [0.5, 0.6) is 0 Å². The molecule has 6 atom stereocenters. The van der Waals surface area contributed by atoms with E-state index in [0.717, 1.165) is 90.7 Å². The van der Waals surface area contributed by atoms with Crippen molar-refractivity contribution in [1.82, 2.24) is 35.6 Å². The van der Waals surface area contributed by atoms with Crippen LogP contribution in [0.4, 0.5) is 41.3 Å². The largest absolute Gasteiger partial charge is 0.453 e. The number of aromatic nitrogens is 3. The Morgan fingerprint density at radius 3 is 2.18 bits per heavy atom. The number of hydrogen-bond acceptors (Lipinski definition) is 10. The standard InChI is InChI=1S/C46H51F7N8O5/c1-45(2,46(51,52)53)41(57-44(64)65-3)42(63)56-38(39(62)23-54-22-34-35(47)19-30(20-36(34)48)37-14-16-60(58-37)43(49)50)18-28-7-4-27(5-8-28)6-9-29-10-13-40(55-21-29)59-24-31-11-12-32(25-59)61(31)33-15-17-66-26-33/h4-5,7-8,10,13-14,16,19-21,31-33,38-39,41,43,54,62H,11-12,15,17-18,22-26H2,1-3H3,(H,56,63)(H,57,64)/t31?,32?,33-,38+,39+,41?/m1/s1. The fourth-order valence-electron chi connectivity index (χ4n) is 8.72. The zero-order valence-electron chi connectivity index (χ0n) is 36.4. The number of pyridine rings is 1. The Balaban J connectivity index is 1.02. The number of aliphatic hydroxyl groups is 1. The van der Waals surface area contributed by atoms with Gasteiger partial charge >= 0.3 is 18.8 Å². The van der Waals surface area contributed by atoms with Crippen LogP contribution in [0.2, 0.25) is 0 Å². The van der Waals surface area contributed by atoms with E-state index in [0.29, 0.717) is 39.5 Å². The summed E-state index contributed by atoms with van der Waals surface area (Å²) in [5.74, 6) is 3.72. The maximum atomic E-state index is 15.1. The monoisotopic (exact) mass is 928 g/mol. The second-order valence-corrected chi connectivity index (χ2v) is 17.3. The van der Waals surface area contributed by atoms with Gasteiger partial charge in [0.2, 0.25) is 5.91 Å². The van der Waals surface area contributed by atoms with Crippen LogP contribution in [-0.4, -0.2) is 119 Å². The minimum Gasteiger partial charge on any atom is -0.453 e. The van der Waals surface area contributed by atoms with Crippen molar-refractivity contribution in [1.29, 1.82) is 0 Å². The van der Waals surface area contributed by atoms with Gasteiger partial charge in [-0.2, -0.15) is 27.1 Å². The number of fused-ring (bicyclic) bond motifs is 2. The lowest BCUT2D eigenvalue weighted by atomic mass is 9.82. The summed E-state index contributed by atoms with van der Waals surface area (Å²) in [6.45, 7) is 1.01. The number of aliphatic hydroxyl groups excluding tert-OH is 1. The molecule has 0 radical (unpaired) electrons. The van der Waals surface area contributed by atoms with Gasteiger partial charge in [-0.05, 0) is 87.6 Å². The van der Waals surface area contributed by atoms with Crippen molar-refractivity contribution in [3.63, 3.8) is 0 Å². The molecule has 13 nitrogen and oxygen atoms in total. The lowest BCUT2D eigenvalue weighted by molar-refractivity contribution is -0.220.